The lowest BCUT2D eigenvalue weighted by Crippen LogP contribution is -3.20. The highest BCUT2D eigenvalue weighted by Crippen LogP contribution is 2.23. The van der Waals surface area contributed by atoms with Crippen molar-refractivity contribution in [1.29, 1.82) is 0 Å². The Morgan fingerprint density at radius 2 is 1.87 bits per heavy atom. The van der Waals surface area contributed by atoms with Crippen LogP contribution in [-0.4, -0.2) is 36.4 Å². The van der Waals surface area contributed by atoms with E-state index in [0.717, 1.165) is 12.3 Å². The number of piperidine rings is 1. The first-order chi connectivity index (χ1) is 10.9. The van der Waals surface area contributed by atoms with Gasteiger partial charge in [-0.1, -0.05) is 19.9 Å². The lowest BCUT2D eigenvalue weighted by Gasteiger charge is -2.36. The van der Waals surface area contributed by atoms with Crippen molar-refractivity contribution >= 4 is 0 Å². The summed E-state index contributed by atoms with van der Waals surface area (Å²) in [6.45, 7) is 12.3. The Balaban J connectivity index is 1.86. The molecule has 3 nitrogen and oxygen atoms in total. The quantitative estimate of drug-likeness (QED) is 0.845. The topological polar surface area (TPSA) is 33.9 Å². The van der Waals surface area contributed by atoms with Crippen molar-refractivity contribution < 1.29 is 14.7 Å². The molecular formula is C20H34NO2+. The first-order valence-electron chi connectivity index (χ1n) is 9.15. The number of aliphatic hydroxyl groups is 1. The molecule has 1 aliphatic rings. The molecule has 1 fully saturated rings. The number of hydrogen-bond acceptors (Lipinski definition) is 2. The van der Waals surface area contributed by atoms with Gasteiger partial charge < -0.3 is 14.7 Å². The molecule has 4 atom stereocenters. The van der Waals surface area contributed by atoms with Crippen molar-refractivity contribution in [3.05, 3.63) is 29.3 Å². The molecule has 0 aromatic heterocycles. The zero-order chi connectivity index (χ0) is 17.0. The van der Waals surface area contributed by atoms with Gasteiger partial charge >= 0.3 is 0 Å². The van der Waals surface area contributed by atoms with E-state index in [2.05, 4.69) is 46.8 Å². The van der Waals surface area contributed by atoms with Crippen LogP contribution in [0.15, 0.2) is 18.2 Å². The van der Waals surface area contributed by atoms with Gasteiger partial charge in [-0.2, -0.15) is 0 Å². The molecule has 0 bridgehead atoms. The highest BCUT2D eigenvalue weighted by Gasteiger charge is 2.30. The molecule has 0 amide bonds. The molecule has 0 aliphatic carbocycles. The van der Waals surface area contributed by atoms with Crippen LogP contribution in [0.25, 0.3) is 0 Å². The molecule has 1 saturated heterocycles. The van der Waals surface area contributed by atoms with Crippen molar-refractivity contribution in [3.8, 4) is 5.75 Å². The van der Waals surface area contributed by atoms with E-state index in [-0.39, 0.29) is 0 Å². The van der Waals surface area contributed by atoms with Crippen LogP contribution < -0.4 is 9.64 Å². The number of aliphatic hydroxyl groups excluding tert-OH is 1. The summed E-state index contributed by atoms with van der Waals surface area (Å²) in [5, 5.41) is 10.4. The fourth-order valence-electron chi connectivity index (χ4n) is 3.90. The number of hydrogen-bond donors (Lipinski definition) is 2. The van der Waals surface area contributed by atoms with Gasteiger partial charge in [0.2, 0.25) is 0 Å². The minimum atomic E-state index is -0.405. The van der Waals surface area contributed by atoms with Crippen molar-refractivity contribution in [1.82, 2.24) is 0 Å². The lowest BCUT2D eigenvalue weighted by molar-refractivity contribution is -0.954. The highest BCUT2D eigenvalue weighted by atomic mass is 16.5. The van der Waals surface area contributed by atoms with E-state index in [1.807, 2.05) is 6.07 Å². The molecule has 1 aliphatic heterocycles. The van der Waals surface area contributed by atoms with Gasteiger partial charge in [0.05, 0.1) is 12.1 Å². The summed E-state index contributed by atoms with van der Waals surface area (Å²) in [4.78, 5) is 1.53. The van der Waals surface area contributed by atoms with Crippen LogP contribution in [-0.2, 0) is 0 Å². The summed E-state index contributed by atoms with van der Waals surface area (Å²) in [6, 6.07) is 7.53. The van der Waals surface area contributed by atoms with Crippen LogP contribution in [0.3, 0.4) is 0 Å². The van der Waals surface area contributed by atoms with Gasteiger partial charge in [0, 0.05) is 0 Å². The Hall–Kier alpha value is -1.06. The van der Waals surface area contributed by atoms with Crippen LogP contribution in [0.5, 0.6) is 5.75 Å². The molecule has 0 saturated carbocycles. The summed E-state index contributed by atoms with van der Waals surface area (Å²) in [5.41, 5.74) is 2.62. The van der Waals surface area contributed by atoms with Gasteiger partial charge in [0.25, 0.3) is 0 Å². The highest BCUT2D eigenvalue weighted by molar-refractivity contribution is 5.36. The Bertz CT molecular complexity index is 490. The van der Waals surface area contributed by atoms with Gasteiger partial charge in [-0.25, -0.2) is 0 Å². The predicted molar refractivity (Wildman–Crippen MR) is 95.4 cm³/mol. The standard InChI is InChI=1S/C20H33NO2/c1-14(2)20-10-9-19(11-15(20)3)23-13-18(22)12-21-16(4)7-6-8-17(21)5/h9-11,14,16-18,22H,6-8,12-13H2,1-5H3/p+1/t16-,17+,18-/m1/s1. The van der Waals surface area contributed by atoms with Crippen LogP contribution in [0.1, 0.15) is 64.0 Å². The molecule has 23 heavy (non-hydrogen) atoms. The number of aryl methyl sites for hydroxylation is 1. The monoisotopic (exact) mass is 320 g/mol. The van der Waals surface area contributed by atoms with Crippen LogP contribution in [0.4, 0.5) is 0 Å². The minimum absolute atomic E-state index is 0.378. The maximum absolute atomic E-state index is 10.4. The van der Waals surface area contributed by atoms with Gasteiger partial charge in [0.15, 0.2) is 0 Å². The molecule has 1 aromatic rings. The van der Waals surface area contributed by atoms with Gasteiger partial charge in [-0.05, 0) is 69.2 Å². The molecule has 3 heteroatoms. The first-order valence-corrected chi connectivity index (χ1v) is 9.15. The average molecular weight is 320 g/mol. The van der Waals surface area contributed by atoms with Crippen LogP contribution in [0, 0.1) is 6.92 Å². The number of nitrogens with one attached hydrogen (secondary N) is 1. The van der Waals surface area contributed by atoms with Gasteiger partial charge in [0.1, 0.15) is 25.0 Å². The first kappa shape index (κ1) is 18.3. The predicted octanol–water partition coefficient (Wildman–Crippen LogP) is 2.70. The number of quaternary nitrogens is 1. The van der Waals surface area contributed by atoms with Crippen molar-refractivity contribution in [3.63, 3.8) is 0 Å². The molecule has 2 rings (SSSR count). The third-order valence-corrected chi connectivity index (χ3v) is 5.32. The van der Waals surface area contributed by atoms with E-state index < -0.39 is 6.10 Å². The minimum Gasteiger partial charge on any atom is -0.491 e. The Morgan fingerprint density at radius 1 is 1.22 bits per heavy atom. The Kier molecular flexibility index (Phi) is 6.49. The summed E-state index contributed by atoms with van der Waals surface area (Å²) < 4.78 is 5.83. The average Bonchev–Trinajstić information content (AvgIpc) is 2.49. The molecule has 1 heterocycles. The number of rotatable bonds is 6. The van der Waals surface area contributed by atoms with E-state index in [4.69, 9.17) is 4.74 Å². The number of benzene rings is 1. The lowest BCUT2D eigenvalue weighted by atomic mass is 9.97. The molecule has 1 aromatic carbocycles. The Morgan fingerprint density at radius 3 is 2.43 bits per heavy atom. The third kappa shape index (κ3) is 4.95. The van der Waals surface area contributed by atoms with E-state index in [0.29, 0.717) is 24.6 Å². The van der Waals surface area contributed by atoms with E-state index in [1.165, 1.54) is 35.3 Å². The fourth-order valence-corrected chi connectivity index (χ4v) is 3.90. The molecule has 130 valence electrons. The molecule has 0 spiro atoms. The summed E-state index contributed by atoms with van der Waals surface area (Å²) >= 11 is 0. The van der Waals surface area contributed by atoms with E-state index >= 15 is 0 Å². The van der Waals surface area contributed by atoms with Crippen molar-refractivity contribution in [2.24, 2.45) is 0 Å². The molecule has 2 N–H and O–H groups in total. The zero-order valence-corrected chi connectivity index (χ0v) is 15.4. The third-order valence-electron chi connectivity index (χ3n) is 5.32. The number of ether oxygens (including phenoxy) is 1. The molecular weight excluding hydrogens is 286 g/mol. The van der Waals surface area contributed by atoms with E-state index in [1.54, 1.807) is 0 Å². The summed E-state index contributed by atoms with van der Waals surface area (Å²) in [5.74, 6) is 1.39. The second kappa shape index (κ2) is 8.16. The zero-order valence-electron chi connectivity index (χ0n) is 15.4. The van der Waals surface area contributed by atoms with Crippen molar-refractivity contribution in [2.75, 3.05) is 13.2 Å². The number of likely N-dealkylation sites (tertiary alicyclic amines) is 1. The summed E-state index contributed by atoms with van der Waals surface area (Å²) in [6.07, 6.45) is 3.45. The Labute approximate surface area is 141 Å². The van der Waals surface area contributed by atoms with Crippen LogP contribution >= 0.6 is 0 Å². The fraction of sp³-hybridized carbons (Fsp3) is 0.700. The molecule has 1 unspecified atom stereocenters. The van der Waals surface area contributed by atoms with Gasteiger partial charge in [-0.15, -0.1) is 0 Å². The largest absolute Gasteiger partial charge is 0.491 e. The smallest absolute Gasteiger partial charge is 0.137 e. The second-order valence-corrected chi connectivity index (χ2v) is 7.65. The van der Waals surface area contributed by atoms with E-state index in [9.17, 15) is 5.11 Å². The van der Waals surface area contributed by atoms with Gasteiger partial charge in [-0.3, -0.25) is 0 Å². The van der Waals surface area contributed by atoms with Crippen molar-refractivity contribution in [2.45, 2.75) is 78.0 Å². The normalized spacial score (nSPS) is 26.3. The van der Waals surface area contributed by atoms with Crippen LogP contribution in [0.2, 0.25) is 0 Å². The maximum Gasteiger partial charge on any atom is 0.137 e. The SMILES string of the molecule is Cc1cc(OC[C@H](O)C[NH+]2[C@H](C)CCC[C@@H]2C)ccc1C(C)C. The molecule has 0 radical (unpaired) electrons. The maximum atomic E-state index is 10.4. The summed E-state index contributed by atoms with van der Waals surface area (Å²) in [7, 11) is 0. The second-order valence-electron chi connectivity index (χ2n) is 7.65.